The second-order valence-electron chi connectivity index (χ2n) is 4.10. The van der Waals surface area contributed by atoms with Crippen LogP contribution in [0.2, 0.25) is 0 Å². The largest absolute Gasteiger partial charge is 0.322 e. The number of carbonyl (C=O) groups excluding carboxylic acids is 1. The molecule has 0 aliphatic heterocycles. The van der Waals surface area contributed by atoms with Gasteiger partial charge in [-0.25, -0.2) is 0 Å². The normalized spacial score (nSPS) is 10.2. The summed E-state index contributed by atoms with van der Waals surface area (Å²) < 4.78 is 1.01. The molecule has 1 aromatic heterocycles. The third-order valence-corrected chi connectivity index (χ3v) is 3.14. The summed E-state index contributed by atoms with van der Waals surface area (Å²) in [6.07, 6.45) is 3.21. The number of nitrogens with one attached hydrogen (secondary N) is 1. The minimum atomic E-state index is -0.120. The summed E-state index contributed by atoms with van der Waals surface area (Å²) in [5.41, 5.74) is 3.53. The predicted molar refractivity (Wildman–Crippen MR) is 75.8 cm³/mol. The second kappa shape index (κ2) is 5.31. The smallest absolute Gasteiger partial charge is 0.255 e. The van der Waals surface area contributed by atoms with Gasteiger partial charge in [-0.15, -0.1) is 0 Å². The van der Waals surface area contributed by atoms with E-state index in [1.807, 2.05) is 26.0 Å². The first-order valence-corrected chi connectivity index (χ1v) is 6.35. The van der Waals surface area contributed by atoms with Gasteiger partial charge in [-0.05, 0) is 49.2 Å². The summed E-state index contributed by atoms with van der Waals surface area (Å²) in [6.45, 7) is 3.94. The van der Waals surface area contributed by atoms with Gasteiger partial charge in [0.05, 0.1) is 0 Å². The first-order chi connectivity index (χ1) is 8.58. The van der Waals surface area contributed by atoms with Crippen molar-refractivity contribution in [3.63, 3.8) is 0 Å². The van der Waals surface area contributed by atoms with Gasteiger partial charge < -0.3 is 5.32 Å². The van der Waals surface area contributed by atoms with Crippen LogP contribution in [0.4, 0.5) is 5.69 Å². The lowest BCUT2D eigenvalue weighted by Crippen LogP contribution is -2.13. The predicted octanol–water partition coefficient (Wildman–Crippen LogP) is 3.71. The average Bonchev–Trinajstić information content (AvgIpc) is 2.34. The Hall–Kier alpha value is -1.68. The molecule has 0 aliphatic carbocycles. The van der Waals surface area contributed by atoms with Gasteiger partial charge in [-0.1, -0.05) is 15.9 Å². The summed E-state index contributed by atoms with van der Waals surface area (Å²) in [6, 6.07) is 7.35. The van der Waals surface area contributed by atoms with E-state index < -0.39 is 0 Å². The number of nitrogens with zero attached hydrogens (tertiary/aromatic N) is 1. The molecule has 0 fully saturated rings. The van der Waals surface area contributed by atoms with Gasteiger partial charge in [0.2, 0.25) is 0 Å². The van der Waals surface area contributed by atoms with Crippen molar-refractivity contribution >= 4 is 27.5 Å². The van der Waals surface area contributed by atoms with Crippen LogP contribution in [0.5, 0.6) is 0 Å². The van der Waals surface area contributed by atoms with E-state index in [0.29, 0.717) is 5.56 Å². The van der Waals surface area contributed by atoms with E-state index in [-0.39, 0.29) is 5.91 Å². The molecule has 0 aliphatic rings. The Kier molecular flexibility index (Phi) is 3.77. The van der Waals surface area contributed by atoms with Crippen LogP contribution in [-0.4, -0.2) is 10.9 Å². The number of aromatic nitrogens is 1. The highest BCUT2D eigenvalue weighted by Gasteiger charge is 2.10. The molecule has 0 saturated heterocycles. The highest BCUT2D eigenvalue weighted by atomic mass is 79.9. The molecule has 1 N–H and O–H groups in total. The molecule has 0 unspecified atom stereocenters. The van der Waals surface area contributed by atoms with Crippen molar-refractivity contribution < 1.29 is 4.79 Å². The molecule has 2 rings (SSSR count). The first-order valence-electron chi connectivity index (χ1n) is 5.56. The number of hydrogen-bond acceptors (Lipinski definition) is 2. The van der Waals surface area contributed by atoms with E-state index in [4.69, 9.17) is 0 Å². The van der Waals surface area contributed by atoms with Gasteiger partial charge in [0.25, 0.3) is 5.91 Å². The zero-order valence-electron chi connectivity index (χ0n) is 10.2. The number of amides is 1. The van der Waals surface area contributed by atoms with Crippen LogP contribution in [0.25, 0.3) is 0 Å². The van der Waals surface area contributed by atoms with Crippen molar-refractivity contribution in [2.24, 2.45) is 0 Å². The Balaban J connectivity index is 2.28. The van der Waals surface area contributed by atoms with E-state index in [9.17, 15) is 4.79 Å². The molecule has 1 amide bonds. The lowest BCUT2D eigenvalue weighted by Gasteiger charge is -2.12. The molecule has 2 aromatic rings. The molecule has 4 heteroatoms. The third kappa shape index (κ3) is 2.76. The Bertz CT molecular complexity index is 559. The zero-order valence-corrected chi connectivity index (χ0v) is 11.8. The quantitative estimate of drug-likeness (QED) is 0.919. The molecule has 0 saturated carbocycles. The minimum Gasteiger partial charge on any atom is -0.322 e. The Morgan fingerprint density at radius 1 is 1.17 bits per heavy atom. The number of rotatable bonds is 2. The number of pyridine rings is 1. The monoisotopic (exact) mass is 304 g/mol. The van der Waals surface area contributed by atoms with E-state index in [1.165, 1.54) is 0 Å². The summed E-state index contributed by atoms with van der Waals surface area (Å²) in [5.74, 6) is -0.120. The summed E-state index contributed by atoms with van der Waals surface area (Å²) in [5, 5.41) is 2.93. The number of carbonyl (C=O) groups is 1. The van der Waals surface area contributed by atoms with Gasteiger partial charge in [-0.2, -0.15) is 0 Å². The molecule has 0 atom stereocenters. The average molecular weight is 305 g/mol. The fraction of sp³-hybridized carbons (Fsp3) is 0.143. The van der Waals surface area contributed by atoms with Gasteiger partial charge in [-0.3, -0.25) is 9.78 Å². The van der Waals surface area contributed by atoms with Crippen molar-refractivity contribution in [3.05, 3.63) is 57.8 Å². The van der Waals surface area contributed by atoms with Crippen LogP contribution in [0.3, 0.4) is 0 Å². The van der Waals surface area contributed by atoms with E-state index in [2.05, 4.69) is 26.2 Å². The SMILES string of the molecule is Cc1cc(Br)cc(C)c1NC(=O)c1ccncc1. The van der Waals surface area contributed by atoms with Gasteiger partial charge in [0, 0.05) is 28.1 Å². The molecule has 0 radical (unpaired) electrons. The zero-order chi connectivity index (χ0) is 13.1. The number of aryl methyl sites for hydroxylation is 2. The lowest BCUT2D eigenvalue weighted by molar-refractivity contribution is 0.102. The van der Waals surface area contributed by atoms with Crippen molar-refractivity contribution in [1.82, 2.24) is 4.98 Å². The number of anilines is 1. The number of hydrogen-bond donors (Lipinski definition) is 1. The van der Waals surface area contributed by atoms with Crippen LogP contribution in [0.15, 0.2) is 41.1 Å². The lowest BCUT2D eigenvalue weighted by atomic mass is 10.1. The van der Waals surface area contributed by atoms with Gasteiger partial charge in [0.15, 0.2) is 0 Å². The second-order valence-corrected chi connectivity index (χ2v) is 5.02. The summed E-state index contributed by atoms with van der Waals surface area (Å²) in [4.78, 5) is 15.9. The standard InChI is InChI=1S/C14H13BrN2O/c1-9-7-12(15)8-10(2)13(9)17-14(18)11-3-5-16-6-4-11/h3-8H,1-2H3,(H,17,18). The maximum atomic E-state index is 12.1. The Morgan fingerprint density at radius 2 is 1.72 bits per heavy atom. The maximum absolute atomic E-state index is 12.1. The molecular formula is C14H13BrN2O. The van der Waals surface area contributed by atoms with Crippen molar-refractivity contribution in [3.8, 4) is 0 Å². The number of halogens is 1. The fourth-order valence-corrected chi connectivity index (χ4v) is 2.48. The first kappa shape index (κ1) is 12.8. The molecule has 1 aromatic carbocycles. The van der Waals surface area contributed by atoms with Gasteiger partial charge in [0.1, 0.15) is 0 Å². The summed E-state index contributed by atoms with van der Waals surface area (Å²) >= 11 is 3.44. The van der Waals surface area contributed by atoms with Crippen molar-refractivity contribution in [2.75, 3.05) is 5.32 Å². The topological polar surface area (TPSA) is 42.0 Å². The van der Waals surface area contributed by atoms with Gasteiger partial charge >= 0.3 is 0 Å². The van der Waals surface area contributed by atoms with Crippen LogP contribution in [0.1, 0.15) is 21.5 Å². The molecule has 3 nitrogen and oxygen atoms in total. The fourth-order valence-electron chi connectivity index (χ4n) is 1.80. The van der Waals surface area contributed by atoms with Crippen LogP contribution in [0, 0.1) is 13.8 Å². The molecule has 92 valence electrons. The molecule has 1 heterocycles. The van der Waals surface area contributed by atoms with E-state index in [0.717, 1.165) is 21.3 Å². The minimum absolute atomic E-state index is 0.120. The Morgan fingerprint density at radius 3 is 2.28 bits per heavy atom. The highest BCUT2D eigenvalue weighted by Crippen LogP contribution is 2.25. The molecule has 18 heavy (non-hydrogen) atoms. The van der Waals surface area contributed by atoms with Crippen LogP contribution < -0.4 is 5.32 Å². The van der Waals surface area contributed by atoms with Crippen LogP contribution >= 0.6 is 15.9 Å². The third-order valence-electron chi connectivity index (χ3n) is 2.68. The summed E-state index contributed by atoms with van der Waals surface area (Å²) in [7, 11) is 0. The van der Waals surface area contributed by atoms with Crippen molar-refractivity contribution in [1.29, 1.82) is 0 Å². The van der Waals surface area contributed by atoms with Crippen LogP contribution in [-0.2, 0) is 0 Å². The molecular weight excluding hydrogens is 292 g/mol. The van der Waals surface area contributed by atoms with E-state index in [1.54, 1.807) is 24.5 Å². The van der Waals surface area contributed by atoms with Crippen molar-refractivity contribution in [2.45, 2.75) is 13.8 Å². The Labute approximate surface area is 114 Å². The van der Waals surface area contributed by atoms with E-state index >= 15 is 0 Å². The molecule has 0 bridgehead atoms. The molecule has 0 spiro atoms. The highest BCUT2D eigenvalue weighted by molar-refractivity contribution is 9.10. The number of benzene rings is 1. The maximum Gasteiger partial charge on any atom is 0.255 e.